The van der Waals surface area contributed by atoms with Gasteiger partial charge in [0.05, 0.1) is 11.2 Å². The molecule has 182 valence electrons. The molecule has 3 aliphatic heterocycles. The van der Waals surface area contributed by atoms with E-state index in [2.05, 4.69) is 21.9 Å². The van der Waals surface area contributed by atoms with Gasteiger partial charge in [-0.3, -0.25) is 4.90 Å². The summed E-state index contributed by atoms with van der Waals surface area (Å²) in [5.74, 6) is -0.290. The largest absolute Gasteiger partial charge is 0.478 e. The van der Waals surface area contributed by atoms with Crippen LogP contribution in [0.15, 0.2) is 42.5 Å². The average Bonchev–Trinajstić information content (AvgIpc) is 3.36. The van der Waals surface area contributed by atoms with Crippen LogP contribution < -0.4 is 9.47 Å². The monoisotopic (exact) mass is 473 g/mol. The number of ether oxygens (including phenoxy) is 2. The van der Waals surface area contributed by atoms with Crippen LogP contribution >= 0.6 is 0 Å². The molecule has 1 aromatic heterocycles. The van der Waals surface area contributed by atoms with Gasteiger partial charge >= 0.3 is 5.97 Å². The topological polar surface area (TPSA) is 75.1 Å². The number of benzene rings is 2. The minimum absolute atomic E-state index is 0.0241. The summed E-state index contributed by atoms with van der Waals surface area (Å²) in [6.07, 6.45) is 6.38. The first kappa shape index (κ1) is 22.3. The first-order valence-electron chi connectivity index (χ1n) is 12.7. The number of rotatable bonds is 5. The molecule has 0 spiro atoms. The molecule has 35 heavy (non-hydrogen) atoms. The van der Waals surface area contributed by atoms with E-state index in [0.717, 1.165) is 36.5 Å². The van der Waals surface area contributed by atoms with Gasteiger partial charge in [-0.25, -0.2) is 9.78 Å². The van der Waals surface area contributed by atoms with E-state index in [4.69, 9.17) is 14.5 Å². The van der Waals surface area contributed by atoms with Crippen molar-refractivity contribution in [3.8, 4) is 22.8 Å². The molecule has 2 saturated heterocycles. The Morgan fingerprint density at radius 2 is 1.77 bits per heavy atom. The maximum Gasteiger partial charge on any atom is 0.340 e. The molecule has 0 saturated carbocycles. The first-order chi connectivity index (χ1) is 17.2. The molecule has 0 amide bonds. The van der Waals surface area contributed by atoms with Gasteiger partial charge in [0.2, 0.25) is 6.79 Å². The van der Waals surface area contributed by atoms with E-state index < -0.39 is 5.97 Å². The Bertz CT molecular complexity index is 1230. The van der Waals surface area contributed by atoms with Crippen LogP contribution in [-0.4, -0.2) is 64.9 Å². The van der Waals surface area contributed by atoms with Crippen LogP contribution in [-0.2, 0) is 6.54 Å². The summed E-state index contributed by atoms with van der Waals surface area (Å²) in [7, 11) is 0. The lowest BCUT2D eigenvalue weighted by Gasteiger charge is -2.40. The van der Waals surface area contributed by atoms with Crippen LogP contribution in [0.1, 0.15) is 48.0 Å². The van der Waals surface area contributed by atoms with E-state index >= 15 is 0 Å². The Balaban J connectivity index is 1.35. The maximum absolute atomic E-state index is 12.2. The van der Waals surface area contributed by atoms with Gasteiger partial charge in [-0.2, -0.15) is 0 Å². The standard InChI is InChI=1S/C28H31N3O4/c32-28(33)25-22-15-20(17-30-13-9-21(10-14-30)31-11-5-2-6-12-31)26(19-7-3-1-4-8-19)29-23(22)16-24-27(25)35-18-34-24/h1,3-4,7-8,15-16,21H,2,5-6,9-14,17-18H2,(H,32,33). The Morgan fingerprint density at radius 1 is 1.00 bits per heavy atom. The van der Waals surface area contributed by atoms with Crippen LogP contribution in [0.25, 0.3) is 22.2 Å². The van der Waals surface area contributed by atoms with Crippen LogP contribution in [0.2, 0.25) is 0 Å². The molecule has 0 unspecified atom stereocenters. The number of carboxylic acids is 1. The third-order valence-corrected chi connectivity index (χ3v) is 7.66. The van der Waals surface area contributed by atoms with Crippen LogP contribution in [0.3, 0.4) is 0 Å². The highest BCUT2D eigenvalue weighted by atomic mass is 16.7. The zero-order valence-electron chi connectivity index (χ0n) is 19.9. The Morgan fingerprint density at radius 3 is 2.51 bits per heavy atom. The fourth-order valence-corrected chi connectivity index (χ4v) is 5.86. The smallest absolute Gasteiger partial charge is 0.340 e. The number of fused-ring (bicyclic) bond motifs is 2. The fourth-order valence-electron chi connectivity index (χ4n) is 5.86. The molecule has 0 atom stereocenters. The van der Waals surface area contributed by atoms with Crippen molar-refractivity contribution in [3.63, 3.8) is 0 Å². The number of piperidine rings is 2. The maximum atomic E-state index is 12.2. The van der Waals surface area contributed by atoms with Gasteiger partial charge < -0.3 is 19.5 Å². The van der Waals surface area contributed by atoms with Crippen LogP contribution in [0.5, 0.6) is 11.5 Å². The van der Waals surface area contributed by atoms with E-state index in [1.54, 1.807) is 6.07 Å². The highest BCUT2D eigenvalue weighted by Gasteiger charge is 2.29. The Kier molecular flexibility index (Phi) is 6.04. The van der Waals surface area contributed by atoms with E-state index in [9.17, 15) is 9.90 Å². The van der Waals surface area contributed by atoms with Gasteiger partial charge in [-0.05, 0) is 63.5 Å². The van der Waals surface area contributed by atoms with Crippen molar-refractivity contribution in [1.29, 1.82) is 0 Å². The number of hydrogen-bond acceptors (Lipinski definition) is 6. The number of carboxylic acid groups (broad SMARTS) is 1. The molecule has 1 N–H and O–H groups in total. The number of carbonyl (C=O) groups is 1. The lowest BCUT2D eigenvalue weighted by Crippen LogP contribution is -2.46. The van der Waals surface area contributed by atoms with Gasteiger partial charge in [-0.15, -0.1) is 0 Å². The molecular formula is C28H31N3O4. The summed E-state index contributed by atoms with van der Waals surface area (Å²) >= 11 is 0. The lowest BCUT2D eigenvalue weighted by atomic mass is 9.97. The summed E-state index contributed by atoms with van der Waals surface area (Å²) in [4.78, 5) is 22.4. The van der Waals surface area contributed by atoms with Gasteiger partial charge in [-0.1, -0.05) is 36.8 Å². The third-order valence-electron chi connectivity index (χ3n) is 7.66. The van der Waals surface area contributed by atoms with Crippen molar-refractivity contribution >= 4 is 16.9 Å². The average molecular weight is 474 g/mol. The third kappa shape index (κ3) is 4.34. The predicted octanol–water partition coefficient (Wildman–Crippen LogP) is 4.78. The number of hydrogen-bond donors (Lipinski definition) is 1. The number of nitrogens with zero attached hydrogens (tertiary/aromatic N) is 3. The number of aromatic nitrogens is 1. The predicted molar refractivity (Wildman–Crippen MR) is 134 cm³/mol. The van der Waals surface area contributed by atoms with Crippen molar-refractivity contribution < 1.29 is 19.4 Å². The highest BCUT2D eigenvalue weighted by Crippen LogP contribution is 2.42. The number of likely N-dealkylation sites (tertiary alicyclic amines) is 2. The van der Waals surface area contributed by atoms with E-state index in [1.807, 2.05) is 24.3 Å². The molecule has 2 fully saturated rings. The molecule has 3 aliphatic rings. The molecule has 0 bridgehead atoms. The van der Waals surface area contributed by atoms with Gasteiger partial charge in [0.1, 0.15) is 5.56 Å². The molecule has 7 heteroatoms. The summed E-state index contributed by atoms with van der Waals surface area (Å²) in [6.45, 7) is 5.33. The molecule has 7 nitrogen and oxygen atoms in total. The first-order valence-corrected chi connectivity index (χ1v) is 12.7. The zero-order valence-corrected chi connectivity index (χ0v) is 19.9. The van der Waals surface area contributed by atoms with Crippen molar-refractivity contribution in [3.05, 3.63) is 53.6 Å². The minimum atomic E-state index is -1.03. The Labute approximate surface area is 205 Å². The second-order valence-electron chi connectivity index (χ2n) is 9.82. The summed E-state index contributed by atoms with van der Waals surface area (Å²) in [6, 6.07) is 14.6. The van der Waals surface area contributed by atoms with E-state index in [1.165, 1.54) is 45.2 Å². The summed E-state index contributed by atoms with van der Waals surface area (Å²) in [5.41, 5.74) is 3.71. The fraction of sp³-hybridized carbons (Fsp3) is 0.429. The Hall–Kier alpha value is -3.16. The van der Waals surface area contributed by atoms with Crippen LogP contribution in [0, 0.1) is 0 Å². The molecule has 6 rings (SSSR count). The van der Waals surface area contributed by atoms with Gasteiger partial charge in [0.25, 0.3) is 0 Å². The number of pyridine rings is 1. The van der Waals surface area contributed by atoms with Gasteiger partial charge in [0, 0.05) is 29.6 Å². The number of aromatic carboxylic acids is 1. The molecule has 2 aromatic carbocycles. The molecule has 4 heterocycles. The zero-order chi connectivity index (χ0) is 23.8. The SMILES string of the molecule is O=C(O)c1c2c(cc3nc(-c4ccccc4)c(CN4CCC(N5CCCCC5)CC4)cc13)OCO2. The second-order valence-corrected chi connectivity index (χ2v) is 9.82. The van der Waals surface area contributed by atoms with Gasteiger partial charge in [0.15, 0.2) is 11.5 Å². The lowest BCUT2D eigenvalue weighted by molar-refractivity contribution is 0.0694. The second kappa shape index (κ2) is 9.47. The molecule has 0 radical (unpaired) electrons. The van der Waals surface area contributed by atoms with Crippen molar-refractivity contribution in [1.82, 2.24) is 14.8 Å². The van der Waals surface area contributed by atoms with Crippen molar-refractivity contribution in [2.45, 2.75) is 44.7 Å². The normalized spacial score (nSPS) is 19.3. The van der Waals surface area contributed by atoms with Crippen LogP contribution in [0.4, 0.5) is 0 Å². The molecular weight excluding hydrogens is 442 g/mol. The summed E-state index contributed by atoms with van der Waals surface area (Å²) < 4.78 is 11.0. The quantitative estimate of drug-likeness (QED) is 0.572. The van der Waals surface area contributed by atoms with E-state index in [-0.39, 0.29) is 12.4 Å². The van der Waals surface area contributed by atoms with E-state index in [0.29, 0.717) is 28.4 Å². The van der Waals surface area contributed by atoms with Crippen molar-refractivity contribution in [2.75, 3.05) is 33.0 Å². The minimum Gasteiger partial charge on any atom is -0.478 e. The summed E-state index contributed by atoms with van der Waals surface area (Å²) in [5, 5.41) is 10.6. The highest BCUT2D eigenvalue weighted by molar-refractivity contribution is 6.07. The van der Waals surface area contributed by atoms with Crippen molar-refractivity contribution in [2.24, 2.45) is 0 Å². The molecule has 0 aliphatic carbocycles. The molecule has 3 aromatic rings.